The second-order valence-electron chi connectivity index (χ2n) is 4.33. The Hall–Kier alpha value is -1.55. The molecule has 1 aromatic rings. The average Bonchev–Trinajstić information content (AvgIpc) is 2.54. The summed E-state index contributed by atoms with van der Waals surface area (Å²) in [6, 6.07) is 4.72. The van der Waals surface area contributed by atoms with Gasteiger partial charge in [0.05, 0.1) is 0 Å². The van der Waals surface area contributed by atoms with Gasteiger partial charge in [0.2, 0.25) is 5.91 Å². The van der Waals surface area contributed by atoms with Gasteiger partial charge in [-0.15, -0.1) is 0 Å². The summed E-state index contributed by atoms with van der Waals surface area (Å²) in [5.74, 6) is -0.318. The molecule has 18 heavy (non-hydrogen) atoms. The number of rotatable bonds is 3. The lowest BCUT2D eigenvalue weighted by Crippen LogP contribution is -2.36. The van der Waals surface area contributed by atoms with Crippen molar-refractivity contribution < 1.29 is 9.59 Å². The fourth-order valence-electron chi connectivity index (χ4n) is 2.21. The highest BCUT2D eigenvalue weighted by molar-refractivity contribution is 6.31. The third kappa shape index (κ3) is 2.20. The number of amides is 2. The molecule has 1 N–H and O–H groups in total. The van der Waals surface area contributed by atoms with Gasteiger partial charge in [-0.1, -0.05) is 18.5 Å². The lowest BCUT2D eigenvalue weighted by molar-refractivity contribution is -0.126. The van der Waals surface area contributed by atoms with E-state index in [0.717, 1.165) is 17.7 Å². The second-order valence-corrected chi connectivity index (χ2v) is 4.76. The molecule has 0 radical (unpaired) electrons. The van der Waals surface area contributed by atoms with Crippen LogP contribution in [-0.4, -0.2) is 18.4 Å². The van der Waals surface area contributed by atoms with Crippen molar-refractivity contribution in [1.29, 1.82) is 0 Å². The molecule has 0 bridgehead atoms. The van der Waals surface area contributed by atoms with Crippen molar-refractivity contribution in [3.8, 4) is 0 Å². The maximum absolute atomic E-state index is 12.3. The Balaban J connectivity index is 2.43. The fraction of sp³-hybridized carbons (Fsp3) is 0.385. The molecule has 0 unspecified atom stereocenters. The third-order valence-electron chi connectivity index (χ3n) is 2.90. The van der Waals surface area contributed by atoms with Crippen molar-refractivity contribution in [3.05, 3.63) is 28.8 Å². The first-order valence-corrected chi connectivity index (χ1v) is 6.30. The van der Waals surface area contributed by atoms with Gasteiger partial charge in [0.25, 0.3) is 5.91 Å². The van der Waals surface area contributed by atoms with Crippen molar-refractivity contribution in [2.24, 2.45) is 0 Å². The minimum absolute atomic E-state index is 0.0932. The number of benzene rings is 1. The van der Waals surface area contributed by atoms with E-state index in [4.69, 9.17) is 11.6 Å². The Morgan fingerprint density at radius 3 is 2.83 bits per heavy atom. The van der Waals surface area contributed by atoms with Crippen LogP contribution >= 0.6 is 11.6 Å². The lowest BCUT2D eigenvalue weighted by atomic mass is 10.1. The quantitative estimate of drug-likeness (QED) is 0.912. The molecular weight excluding hydrogens is 252 g/mol. The summed E-state index contributed by atoms with van der Waals surface area (Å²) in [7, 11) is 0. The number of fused-ring (bicyclic) bond motifs is 1. The van der Waals surface area contributed by atoms with Crippen molar-refractivity contribution in [2.75, 3.05) is 11.4 Å². The number of carbonyl (C=O) groups excluding carboxylic acids is 2. The number of nitrogens with zero attached hydrogens (tertiary/aromatic N) is 1. The summed E-state index contributed by atoms with van der Waals surface area (Å²) in [6.45, 7) is 4.05. The summed E-state index contributed by atoms with van der Waals surface area (Å²) < 4.78 is 0. The summed E-state index contributed by atoms with van der Waals surface area (Å²) in [5, 5.41) is 3.24. The highest BCUT2D eigenvalue weighted by Crippen LogP contribution is 2.37. The Morgan fingerprint density at radius 2 is 2.22 bits per heavy atom. The molecule has 1 heterocycles. The molecule has 96 valence electrons. The number of hydrogen-bond acceptors (Lipinski definition) is 2. The first kappa shape index (κ1) is 12.9. The maximum Gasteiger partial charge on any atom is 0.254 e. The molecule has 2 amide bonds. The van der Waals surface area contributed by atoms with Crippen LogP contribution < -0.4 is 10.2 Å². The number of carbonyl (C=O) groups is 2. The smallest absolute Gasteiger partial charge is 0.254 e. The van der Waals surface area contributed by atoms with E-state index < -0.39 is 6.04 Å². The van der Waals surface area contributed by atoms with Crippen molar-refractivity contribution in [1.82, 2.24) is 5.32 Å². The van der Waals surface area contributed by atoms with Gasteiger partial charge in [0.15, 0.2) is 0 Å². The second kappa shape index (κ2) is 4.98. The Morgan fingerprint density at radius 1 is 1.50 bits per heavy atom. The van der Waals surface area contributed by atoms with E-state index in [-0.39, 0.29) is 11.8 Å². The summed E-state index contributed by atoms with van der Waals surface area (Å²) >= 11 is 5.96. The van der Waals surface area contributed by atoms with E-state index in [2.05, 4.69) is 5.32 Å². The van der Waals surface area contributed by atoms with Crippen LogP contribution in [0.15, 0.2) is 18.2 Å². The van der Waals surface area contributed by atoms with E-state index in [0.29, 0.717) is 11.6 Å². The SMILES string of the molecule is CCCN1C(=O)[C@@H](NC(C)=O)c2cc(Cl)ccc21. The Bertz CT molecular complexity index is 502. The topological polar surface area (TPSA) is 49.4 Å². The number of anilines is 1. The highest BCUT2D eigenvalue weighted by atomic mass is 35.5. The summed E-state index contributed by atoms with van der Waals surface area (Å²) in [4.78, 5) is 25.2. The van der Waals surface area contributed by atoms with E-state index in [1.165, 1.54) is 6.92 Å². The van der Waals surface area contributed by atoms with E-state index in [1.807, 2.05) is 13.0 Å². The molecule has 4 nitrogen and oxygen atoms in total. The molecule has 0 saturated carbocycles. The first-order chi connectivity index (χ1) is 8.54. The standard InChI is InChI=1S/C13H15ClN2O2/c1-3-6-16-11-5-4-9(14)7-10(11)12(13(16)18)15-8(2)17/h4-5,7,12H,3,6H2,1-2H3,(H,15,17)/t12-/m0/s1. The Labute approximate surface area is 111 Å². The first-order valence-electron chi connectivity index (χ1n) is 5.92. The molecular formula is C13H15ClN2O2. The van der Waals surface area contributed by atoms with Crippen LogP contribution in [0.25, 0.3) is 0 Å². The van der Waals surface area contributed by atoms with Gasteiger partial charge in [0, 0.05) is 29.7 Å². The summed E-state index contributed by atoms with van der Waals surface area (Å²) in [6.07, 6.45) is 0.862. The van der Waals surface area contributed by atoms with Gasteiger partial charge >= 0.3 is 0 Å². The van der Waals surface area contributed by atoms with E-state index >= 15 is 0 Å². The molecule has 0 aliphatic carbocycles. The van der Waals surface area contributed by atoms with Crippen molar-refractivity contribution in [3.63, 3.8) is 0 Å². The molecule has 1 aliphatic rings. The number of halogens is 1. The number of nitrogens with one attached hydrogen (secondary N) is 1. The van der Waals surface area contributed by atoms with Gasteiger partial charge in [-0.3, -0.25) is 9.59 Å². The lowest BCUT2D eigenvalue weighted by Gasteiger charge is -2.16. The van der Waals surface area contributed by atoms with Gasteiger partial charge in [-0.25, -0.2) is 0 Å². The molecule has 1 aliphatic heterocycles. The molecule has 0 aromatic heterocycles. The van der Waals surface area contributed by atoms with Crippen LogP contribution in [0.1, 0.15) is 31.9 Å². The van der Waals surface area contributed by atoms with Crippen LogP contribution in [0.2, 0.25) is 5.02 Å². The van der Waals surface area contributed by atoms with Crippen LogP contribution in [0.5, 0.6) is 0 Å². The highest BCUT2D eigenvalue weighted by Gasteiger charge is 2.37. The van der Waals surface area contributed by atoms with Gasteiger partial charge in [-0.2, -0.15) is 0 Å². The van der Waals surface area contributed by atoms with Crippen LogP contribution in [-0.2, 0) is 9.59 Å². The van der Waals surface area contributed by atoms with Gasteiger partial charge < -0.3 is 10.2 Å². The molecule has 5 heteroatoms. The maximum atomic E-state index is 12.3. The van der Waals surface area contributed by atoms with Crippen LogP contribution in [0.3, 0.4) is 0 Å². The average molecular weight is 267 g/mol. The predicted octanol–water partition coefficient (Wildman–Crippen LogP) is 2.27. The van der Waals surface area contributed by atoms with E-state index in [9.17, 15) is 9.59 Å². The zero-order chi connectivity index (χ0) is 13.3. The zero-order valence-electron chi connectivity index (χ0n) is 10.4. The van der Waals surface area contributed by atoms with Gasteiger partial charge in [0.1, 0.15) is 6.04 Å². The largest absolute Gasteiger partial charge is 0.341 e. The third-order valence-corrected chi connectivity index (χ3v) is 3.13. The monoisotopic (exact) mass is 266 g/mol. The Kier molecular flexibility index (Phi) is 3.57. The molecule has 1 atom stereocenters. The molecule has 1 aromatic carbocycles. The minimum Gasteiger partial charge on any atom is -0.341 e. The van der Waals surface area contributed by atoms with Crippen molar-refractivity contribution in [2.45, 2.75) is 26.3 Å². The van der Waals surface area contributed by atoms with Gasteiger partial charge in [-0.05, 0) is 24.6 Å². The summed E-state index contributed by atoms with van der Waals surface area (Å²) in [5.41, 5.74) is 1.61. The molecule has 0 saturated heterocycles. The van der Waals surface area contributed by atoms with Crippen molar-refractivity contribution >= 4 is 29.1 Å². The molecule has 0 fully saturated rings. The molecule has 0 spiro atoms. The van der Waals surface area contributed by atoms with Crippen LogP contribution in [0.4, 0.5) is 5.69 Å². The predicted molar refractivity (Wildman–Crippen MR) is 70.7 cm³/mol. The number of hydrogen-bond donors (Lipinski definition) is 1. The fourth-order valence-corrected chi connectivity index (χ4v) is 2.39. The molecule has 2 rings (SSSR count). The normalized spacial score (nSPS) is 17.8. The van der Waals surface area contributed by atoms with Crippen LogP contribution in [0, 0.1) is 0 Å². The zero-order valence-corrected chi connectivity index (χ0v) is 11.1. The van der Waals surface area contributed by atoms with E-state index in [1.54, 1.807) is 17.0 Å². The minimum atomic E-state index is -0.609.